The summed E-state index contributed by atoms with van der Waals surface area (Å²) in [4.78, 5) is 8.43. The number of aryl methyl sites for hydroxylation is 1. The average molecular weight is 393 g/mol. The van der Waals surface area contributed by atoms with Gasteiger partial charge in [-0.05, 0) is 24.6 Å². The summed E-state index contributed by atoms with van der Waals surface area (Å²) >= 11 is 0. The van der Waals surface area contributed by atoms with Gasteiger partial charge >= 0.3 is 6.01 Å². The monoisotopic (exact) mass is 393 g/mol. The smallest absolute Gasteiger partial charge is 0.318 e. The Morgan fingerprint density at radius 3 is 2.56 bits per heavy atom. The molecule has 0 fully saturated rings. The summed E-state index contributed by atoms with van der Waals surface area (Å²) in [5, 5.41) is 13.9. The van der Waals surface area contributed by atoms with Crippen LogP contribution in [0.4, 0.5) is 0 Å². The molecule has 11 heteroatoms. The molecular weight excluding hydrogens is 374 g/mol. The first-order valence-electron chi connectivity index (χ1n) is 8.15. The van der Waals surface area contributed by atoms with Crippen LogP contribution in [0.1, 0.15) is 24.2 Å². The molecule has 1 aromatic carbocycles. The van der Waals surface area contributed by atoms with Crippen molar-refractivity contribution in [1.29, 1.82) is 0 Å². The molecule has 0 aliphatic heterocycles. The molecule has 3 rings (SSSR count). The van der Waals surface area contributed by atoms with E-state index in [4.69, 9.17) is 20.1 Å². The van der Waals surface area contributed by atoms with Crippen molar-refractivity contribution in [2.75, 3.05) is 13.2 Å². The van der Waals surface area contributed by atoms with E-state index in [2.05, 4.69) is 15.1 Å². The van der Waals surface area contributed by atoms with Gasteiger partial charge in [0.25, 0.3) is 10.1 Å². The van der Waals surface area contributed by atoms with Crippen molar-refractivity contribution in [1.82, 2.24) is 19.7 Å². The molecule has 0 aliphatic rings. The average Bonchev–Trinajstić information content (AvgIpc) is 3.07. The molecule has 4 N–H and O–H groups in total. The summed E-state index contributed by atoms with van der Waals surface area (Å²) < 4.78 is 38.5. The van der Waals surface area contributed by atoms with Crippen molar-refractivity contribution in [3.05, 3.63) is 41.7 Å². The fourth-order valence-electron chi connectivity index (χ4n) is 2.63. The first-order valence-corrected chi connectivity index (χ1v) is 9.59. The zero-order valence-corrected chi connectivity index (χ0v) is 15.3. The van der Waals surface area contributed by atoms with Crippen LogP contribution in [0.2, 0.25) is 0 Å². The summed E-state index contributed by atoms with van der Waals surface area (Å²) in [5.74, 6) is 0. The minimum atomic E-state index is -4.29. The lowest BCUT2D eigenvalue weighted by atomic mass is 10.0. The van der Waals surface area contributed by atoms with E-state index < -0.39 is 16.2 Å². The molecule has 27 heavy (non-hydrogen) atoms. The fourth-order valence-corrected chi connectivity index (χ4v) is 3.11. The van der Waals surface area contributed by atoms with Crippen LogP contribution in [0.15, 0.2) is 35.4 Å². The molecule has 2 heterocycles. The van der Waals surface area contributed by atoms with Crippen LogP contribution in [-0.2, 0) is 16.7 Å². The lowest BCUT2D eigenvalue weighted by Gasteiger charge is -2.14. The molecule has 2 aromatic heterocycles. The molecule has 0 aliphatic carbocycles. The van der Waals surface area contributed by atoms with Crippen LogP contribution in [0.3, 0.4) is 0 Å². The van der Waals surface area contributed by atoms with E-state index >= 15 is 0 Å². The van der Waals surface area contributed by atoms with Gasteiger partial charge in [-0.3, -0.25) is 4.55 Å². The van der Waals surface area contributed by atoms with Gasteiger partial charge in [0.2, 0.25) is 0 Å². The molecule has 0 saturated carbocycles. The Kier molecular flexibility index (Phi) is 5.37. The third kappa shape index (κ3) is 3.90. The standard InChI is InChI=1S/C16H19N5O5S/c1-2-21-15-12(9-18-21)14(19-16(20-15)26-8-7-22)13(17)10-3-5-11(6-4-10)27(23,24)25/h3-6,9,13,22H,2,7-8,17H2,1H3,(H,23,24,25). The summed E-state index contributed by atoms with van der Waals surface area (Å²) in [6, 6.07) is 4.88. The normalized spacial score (nSPS) is 13.0. The van der Waals surface area contributed by atoms with Crippen LogP contribution < -0.4 is 10.5 Å². The highest BCUT2D eigenvalue weighted by Crippen LogP contribution is 2.27. The lowest BCUT2D eigenvalue weighted by Crippen LogP contribution is -2.16. The number of nitrogens with two attached hydrogens (primary N) is 1. The lowest BCUT2D eigenvalue weighted by molar-refractivity contribution is 0.191. The number of nitrogens with zero attached hydrogens (tertiary/aromatic N) is 4. The quantitative estimate of drug-likeness (QED) is 0.487. The van der Waals surface area contributed by atoms with E-state index in [0.717, 1.165) is 0 Å². The second-order valence-electron chi connectivity index (χ2n) is 5.68. The van der Waals surface area contributed by atoms with E-state index in [-0.39, 0.29) is 24.1 Å². The van der Waals surface area contributed by atoms with Gasteiger partial charge in [0, 0.05) is 6.54 Å². The summed E-state index contributed by atoms with van der Waals surface area (Å²) in [7, 11) is -4.29. The predicted octanol–water partition coefficient (Wildman–Crippen LogP) is 0.512. The van der Waals surface area contributed by atoms with E-state index in [1.54, 1.807) is 10.9 Å². The van der Waals surface area contributed by atoms with E-state index in [9.17, 15) is 8.42 Å². The van der Waals surface area contributed by atoms with Crippen LogP contribution in [-0.4, -0.2) is 51.0 Å². The van der Waals surface area contributed by atoms with E-state index in [1.165, 1.54) is 24.3 Å². The van der Waals surface area contributed by atoms with Gasteiger partial charge in [-0.15, -0.1) is 0 Å². The number of rotatable bonds is 7. The molecule has 3 aromatic rings. The van der Waals surface area contributed by atoms with Gasteiger partial charge in [-0.2, -0.15) is 23.5 Å². The molecule has 144 valence electrons. The number of aliphatic hydroxyl groups is 1. The molecular formula is C16H19N5O5S. The first kappa shape index (κ1) is 19.2. The van der Waals surface area contributed by atoms with Crippen LogP contribution >= 0.6 is 0 Å². The third-order valence-corrected chi connectivity index (χ3v) is 4.83. The Hall–Kier alpha value is -2.60. The van der Waals surface area contributed by atoms with Crippen LogP contribution in [0.5, 0.6) is 6.01 Å². The second kappa shape index (κ2) is 7.56. The summed E-state index contributed by atoms with van der Waals surface area (Å²) in [6.07, 6.45) is 1.61. The Bertz CT molecular complexity index is 1050. The number of hydrogen-bond acceptors (Lipinski definition) is 8. The molecule has 1 unspecified atom stereocenters. The maximum atomic E-state index is 11.2. The topological polar surface area (TPSA) is 153 Å². The molecule has 0 saturated heterocycles. The Morgan fingerprint density at radius 1 is 1.26 bits per heavy atom. The molecule has 0 radical (unpaired) electrons. The largest absolute Gasteiger partial charge is 0.461 e. The molecule has 0 amide bonds. The maximum absolute atomic E-state index is 11.2. The highest BCUT2D eigenvalue weighted by molar-refractivity contribution is 7.85. The van der Waals surface area contributed by atoms with Gasteiger partial charge in [0.15, 0.2) is 5.65 Å². The number of ether oxygens (including phenoxy) is 1. The van der Waals surface area contributed by atoms with Gasteiger partial charge in [0.05, 0.1) is 34.8 Å². The van der Waals surface area contributed by atoms with Crippen molar-refractivity contribution >= 4 is 21.2 Å². The summed E-state index contributed by atoms with van der Waals surface area (Å²) in [5.41, 5.74) is 7.92. The van der Waals surface area contributed by atoms with Crippen molar-refractivity contribution in [3.63, 3.8) is 0 Å². The number of fused-ring (bicyclic) bond motifs is 1. The minimum absolute atomic E-state index is 0.0313. The molecule has 1 atom stereocenters. The fraction of sp³-hybridized carbons (Fsp3) is 0.312. The Morgan fingerprint density at radius 2 is 1.96 bits per heavy atom. The Balaban J connectivity index is 2.07. The van der Waals surface area contributed by atoms with Crippen molar-refractivity contribution in [2.24, 2.45) is 5.73 Å². The van der Waals surface area contributed by atoms with Gasteiger partial charge in [-0.1, -0.05) is 12.1 Å². The second-order valence-corrected chi connectivity index (χ2v) is 7.10. The molecule has 10 nitrogen and oxygen atoms in total. The van der Waals surface area contributed by atoms with Gasteiger partial charge < -0.3 is 15.6 Å². The van der Waals surface area contributed by atoms with Crippen molar-refractivity contribution in [3.8, 4) is 6.01 Å². The SMILES string of the molecule is CCn1ncc2c(C(N)c3ccc(S(=O)(=O)O)cc3)nc(OCCO)nc21. The minimum Gasteiger partial charge on any atom is -0.461 e. The summed E-state index contributed by atoms with van der Waals surface area (Å²) in [6.45, 7) is 2.34. The highest BCUT2D eigenvalue weighted by Gasteiger charge is 2.20. The zero-order valence-electron chi connectivity index (χ0n) is 14.5. The van der Waals surface area contributed by atoms with Crippen molar-refractivity contribution in [2.45, 2.75) is 24.4 Å². The Labute approximate surface area is 155 Å². The number of benzene rings is 1. The van der Waals surface area contributed by atoms with Crippen molar-refractivity contribution < 1.29 is 22.8 Å². The van der Waals surface area contributed by atoms with E-state index in [0.29, 0.717) is 28.8 Å². The van der Waals surface area contributed by atoms with Gasteiger partial charge in [0.1, 0.15) is 6.61 Å². The highest BCUT2D eigenvalue weighted by atomic mass is 32.2. The van der Waals surface area contributed by atoms with Crippen LogP contribution in [0.25, 0.3) is 11.0 Å². The predicted molar refractivity (Wildman–Crippen MR) is 95.9 cm³/mol. The number of hydrogen-bond donors (Lipinski definition) is 3. The van der Waals surface area contributed by atoms with E-state index in [1.807, 2.05) is 6.92 Å². The number of aliphatic hydroxyl groups excluding tert-OH is 1. The van der Waals surface area contributed by atoms with Crippen LogP contribution in [0, 0.1) is 0 Å². The maximum Gasteiger partial charge on any atom is 0.318 e. The third-order valence-electron chi connectivity index (χ3n) is 3.96. The molecule has 0 bridgehead atoms. The number of aromatic nitrogens is 4. The first-order chi connectivity index (χ1) is 12.8. The van der Waals surface area contributed by atoms with Gasteiger partial charge in [-0.25, -0.2) is 4.68 Å². The molecule has 0 spiro atoms. The zero-order chi connectivity index (χ0) is 19.6.